The van der Waals surface area contributed by atoms with Gasteiger partial charge >= 0.3 is 5.97 Å². The van der Waals surface area contributed by atoms with Gasteiger partial charge in [-0.1, -0.05) is 23.4 Å². The van der Waals surface area contributed by atoms with Crippen LogP contribution in [0.4, 0.5) is 11.4 Å². The summed E-state index contributed by atoms with van der Waals surface area (Å²) in [5.74, 6) is -1.49. The normalized spacial score (nSPS) is 10.3. The quantitative estimate of drug-likeness (QED) is 0.635. The molecule has 0 fully saturated rings. The molecule has 8 nitrogen and oxygen atoms in total. The highest BCUT2D eigenvalue weighted by Gasteiger charge is 2.28. The van der Waals surface area contributed by atoms with E-state index in [1.165, 1.54) is 0 Å². The summed E-state index contributed by atoms with van der Waals surface area (Å²) in [7, 11) is 0. The van der Waals surface area contributed by atoms with Gasteiger partial charge in [0.2, 0.25) is 0 Å². The lowest BCUT2D eigenvalue weighted by molar-refractivity contribution is -0.396. The van der Waals surface area contributed by atoms with Gasteiger partial charge in [0.1, 0.15) is 4.90 Å². The number of nitro benzene ring substituents is 2. The molecule has 1 N–H and O–H groups in total. The van der Waals surface area contributed by atoms with Crippen LogP contribution in [0.15, 0.2) is 46.2 Å². The van der Waals surface area contributed by atoms with Crippen LogP contribution in [0.25, 0.3) is 0 Å². The Bertz CT molecular complexity index is 774. The largest absolute Gasteiger partial charge is 0.478 e. The minimum absolute atomic E-state index is 0.185. The molecule has 2 aromatic rings. The molecule has 0 saturated heterocycles. The van der Waals surface area contributed by atoms with Crippen LogP contribution in [-0.2, 0) is 0 Å². The van der Waals surface area contributed by atoms with E-state index >= 15 is 0 Å². The fraction of sp³-hybridized carbons (Fsp3) is 0. The average molecular weight is 355 g/mol. The van der Waals surface area contributed by atoms with E-state index in [0.29, 0.717) is 9.92 Å². The zero-order chi connectivity index (χ0) is 17.1. The first-order chi connectivity index (χ1) is 10.8. The monoisotopic (exact) mass is 354 g/mol. The fourth-order valence-corrected chi connectivity index (χ4v) is 2.85. The Kier molecular flexibility index (Phi) is 4.82. The van der Waals surface area contributed by atoms with Crippen LogP contribution in [0.3, 0.4) is 0 Å². The second kappa shape index (κ2) is 6.63. The average Bonchev–Trinajstić information content (AvgIpc) is 2.48. The maximum absolute atomic E-state index is 11.3. The summed E-state index contributed by atoms with van der Waals surface area (Å²) in [6.07, 6.45) is 0. The van der Waals surface area contributed by atoms with Gasteiger partial charge in [-0.25, -0.2) is 4.79 Å². The van der Waals surface area contributed by atoms with Gasteiger partial charge in [-0.3, -0.25) is 20.2 Å². The second-order valence-electron chi connectivity index (χ2n) is 4.22. The van der Waals surface area contributed by atoms with Gasteiger partial charge in [0.25, 0.3) is 11.4 Å². The Morgan fingerprint density at radius 1 is 1.09 bits per heavy atom. The summed E-state index contributed by atoms with van der Waals surface area (Å²) < 4.78 is 0. The molecule has 23 heavy (non-hydrogen) atoms. The zero-order valence-corrected chi connectivity index (χ0v) is 12.7. The van der Waals surface area contributed by atoms with Crippen LogP contribution in [0.1, 0.15) is 10.4 Å². The summed E-state index contributed by atoms with van der Waals surface area (Å²) >= 11 is 6.57. The number of rotatable bonds is 5. The smallest absolute Gasteiger partial charge is 0.337 e. The van der Waals surface area contributed by atoms with Crippen molar-refractivity contribution in [3.05, 3.63) is 67.2 Å². The molecule has 10 heteroatoms. The van der Waals surface area contributed by atoms with Crippen LogP contribution >= 0.6 is 23.4 Å². The maximum Gasteiger partial charge on any atom is 0.337 e. The zero-order valence-electron chi connectivity index (χ0n) is 11.1. The molecule has 0 amide bonds. The molecule has 0 saturated carbocycles. The van der Waals surface area contributed by atoms with Gasteiger partial charge in [0, 0.05) is 16.0 Å². The molecule has 118 valence electrons. The predicted octanol–water partition coefficient (Wildman–Crippen LogP) is 4.01. The Hall–Kier alpha value is -2.65. The van der Waals surface area contributed by atoms with Gasteiger partial charge in [0.15, 0.2) is 0 Å². The van der Waals surface area contributed by atoms with Gasteiger partial charge < -0.3 is 5.11 Å². The Balaban J connectivity index is 2.63. The van der Waals surface area contributed by atoms with Gasteiger partial charge in [-0.2, -0.15) is 0 Å². The summed E-state index contributed by atoms with van der Waals surface area (Å²) in [4.78, 5) is 31.9. The lowest BCUT2D eigenvalue weighted by atomic mass is 10.1. The SMILES string of the molecule is O=C(O)c1cc([N+](=O)[O-])cc([N+](=O)[O-])c1Sc1ccc(Cl)cc1. The van der Waals surface area contributed by atoms with E-state index in [9.17, 15) is 30.1 Å². The van der Waals surface area contributed by atoms with Crippen LogP contribution in [0, 0.1) is 20.2 Å². The number of carboxylic acid groups (broad SMARTS) is 1. The lowest BCUT2D eigenvalue weighted by Gasteiger charge is -2.07. The van der Waals surface area contributed by atoms with Crippen LogP contribution in [0.2, 0.25) is 5.02 Å². The number of aromatic carboxylic acids is 1. The van der Waals surface area contributed by atoms with E-state index in [1.54, 1.807) is 24.3 Å². The predicted molar refractivity (Wildman–Crippen MR) is 82.3 cm³/mol. The molecular formula is C13H7ClN2O6S. The van der Waals surface area contributed by atoms with Crippen molar-refractivity contribution < 1.29 is 19.7 Å². The van der Waals surface area contributed by atoms with Crippen molar-refractivity contribution in [2.24, 2.45) is 0 Å². The van der Waals surface area contributed by atoms with Crippen molar-refractivity contribution in [1.29, 1.82) is 0 Å². The minimum atomic E-state index is -1.49. The van der Waals surface area contributed by atoms with E-state index in [1.807, 2.05) is 0 Å². The molecule has 0 atom stereocenters. The number of carboxylic acids is 1. The molecule has 0 spiro atoms. The molecule has 0 radical (unpaired) electrons. The highest BCUT2D eigenvalue weighted by Crippen LogP contribution is 2.40. The van der Waals surface area contributed by atoms with Crippen LogP contribution in [-0.4, -0.2) is 20.9 Å². The first kappa shape index (κ1) is 16.7. The van der Waals surface area contributed by atoms with Crippen molar-refractivity contribution in [3.63, 3.8) is 0 Å². The summed E-state index contributed by atoms with van der Waals surface area (Å²) in [6, 6.07) is 7.74. The highest BCUT2D eigenvalue weighted by atomic mass is 35.5. The number of hydrogen-bond donors (Lipinski definition) is 1. The lowest BCUT2D eigenvalue weighted by Crippen LogP contribution is -2.04. The molecule has 0 unspecified atom stereocenters. The highest BCUT2D eigenvalue weighted by molar-refractivity contribution is 7.99. The van der Waals surface area contributed by atoms with Gasteiger partial charge in [-0.15, -0.1) is 0 Å². The standard InChI is InChI=1S/C13H7ClN2O6S/c14-7-1-3-9(4-2-7)23-12-10(13(17)18)5-8(15(19)20)6-11(12)16(21)22/h1-6H,(H,17,18). The number of carbonyl (C=O) groups is 1. The molecular weight excluding hydrogens is 348 g/mol. The minimum Gasteiger partial charge on any atom is -0.478 e. The number of nitrogens with zero attached hydrogens (tertiary/aromatic N) is 2. The third kappa shape index (κ3) is 3.76. The number of hydrogen-bond acceptors (Lipinski definition) is 6. The van der Waals surface area contributed by atoms with Gasteiger partial charge in [0.05, 0.1) is 21.5 Å². The van der Waals surface area contributed by atoms with E-state index in [4.69, 9.17) is 11.6 Å². The molecule has 0 aliphatic carbocycles. The molecule has 0 aliphatic heterocycles. The number of halogens is 1. The maximum atomic E-state index is 11.3. The summed E-state index contributed by atoms with van der Waals surface area (Å²) in [5.41, 5.74) is -1.81. The Morgan fingerprint density at radius 3 is 2.17 bits per heavy atom. The molecule has 2 aromatic carbocycles. The second-order valence-corrected chi connectivity index (χ2v) is 5.74. The van der Waals surface area contributed by atoms with Crippen molar-refractivity contribution in [1.82, 2.24) is 0 Å². The van der Waals surface area contributed by atoms with Crippen molar-refractivity contribution in [2.75, 3.05) is 0 Å². The summed E-state index contributed by atoms with van der Waals surface area (Å²) in [6.45, 7) is 0. The van der Waals surface area contributed by atoms with Crippen molar-refractivity contribution in [2.45, 2.75) is 9.79 Å². The van der Waals surface area contributed by atoms with Crippen LogP contribution in [0.5, 0.6) is 0 Å². The molecule has 0 aliphatic rings. The van der Waals surface area contributed by atoms with E-state index in [2.05, 4.69) is 0 Å². The molecule has 0 aromatic heterocycles. The van der Waals surface area contributed by atoms with Crippen molar-refractivity contribution >= 4 is 40.7 Å². The van der Waals surface area contributed by atoms with Gasteiger partial charge in [-0.05, 0) is 24.3 Å². The Labute approximate surface area is 138 Å². The first-order valence-corrected chi connectivity index (χ1v) is 7.12. The van der Waals surface area contributed by atoms with Crippen LogP contribution < -0.4 is 0 Å². The van der Waals surface area contributed by atoms with E-state index in [-0.39, 0.29) is 4.90 Å². The molecule has 0 bridgehead atoms. The third-order valence-electron chi connectivity index (χ3n) is 2.73. The first-order valence-electron chi connectivity index (χ1n) is 5.93. The van der Waals surface area contributed by atoms with E-state index in [0.717, 1.165) is 23.9 Å². The Morgan fingerprint density at radius 2 is 1.70 bits per heavy atom. The van der Waals surface area contributed by atoms with E-state index < -0.39 is 32.8 Å². The fourth-order valence-electron chi connectivity index (χ4n) is 1.73. The topological polar surface area (TPSA) is 124 Å². The third-order valence-corrected chi connectivity index (χ3v) is 4.12. The van der Waals surface area contributed by atoms with Crippen molar-refractivity contribution in [3.8, 4) is 0 Å². The number of benzene rings is 2. The molecule has 0 heterocycles. The molecule has 2 rings (SSSR count). The number of nitro groups is 2. The summed E-state index contributed by atoms with van der Waals surface area (Å²) in [5, 5.41) is 31.7. The number of non-ortho nitro benzene ring substituents is 1.